The number of Topliss-reactive ketones (excluding diaryl/α,β-unsaturated/α-hetero) is 1. The van der Waals surface area contributed by atoms with Crippen LogP contribution in [0.2, 0.25) is 0 Å². The Labute approximate surface area is 138 Å². The minimum atomic E-state index is -0.0115. The molecule has 1 N–H and O–H groups in total. The van der Waals surface area contributed by atoms with Crippen LogP contribution < -0.4 is 5.32 Å². The molecule has 0 spiro atoms. The van der Waals surface area contributed by atoms with Gasteiger partial charge in [-0.2, -0.15) is 0 Å². The van der Waals surface area contributed by atoms with Gasteiger partial charge in [0.15, 0.2) is 0 Å². The van der Waals surface area contributed by atoms with Crippen molar-refractivity contribution in [1.82, 2.24) is 0 Å². The molecule has 2 fully saturated rings. The first-order chi connectivity index (χ1) is 11.0. The molecule has 3 nitrogen and oxygen atoms in total. The molecule has 0 heterocycles. The van der Waals surface area contributed by atoms with Crippen LogP contribution in [0, 0.1) is 24.7 Å². The molecule has 1 amide bonds. The topological polar surface area (TPSA) is 46.2 Å². The second-order valence-corrected chi connectivity index (χ2v) is 7.58. The Morgan fingerprint density at radius 1 is 1.17 bits per heavy atom. The molecule has 23 heavy (non-hydrogen) atoms. The molecule has 2 saturated carbocycles. The van der Waals surface area contributed by atoms with Gasteiger partial charge in [-0.05, 0) is 49.7 Å². The molecule has 2 aliphatic rings. The fraction of sp³-hybridized carbons (Fsp3) is 0.600. The highest BCUT2D eigenvalue weighted by Gasteiger charge is 2.41. The first kappa shape index (κ1) is 16.2. The third-order valence-electron chi connectivity index (χ3n) is 5.59. The fourth-order valence-corrected chi connectivity index (χ4v) is 4.26. The lowest BCUT2D eigenvalue weighted by Crippen LogP contribution is -2.40. The van der Waals surface area contributed by atoms with E-state index in [1.807, 2.05) is 19.1 Å². The maximum Gasteiger partial charge on any atom is 0.227 e. The third-order valence-corrected chi connectivity index (χ3v) is 5.59. The molecule has 2 bridgehead atoms. The molecule has 2 aliphatic carbocycles. The Bertz CT molecular complexity index is 604. The van der Waals surface area contributed by atoms with Crippen LogP contribution in [0.3, 0.4) is 0 Å². The summed E-state index contributed by atoms with van der Waals surface area (Å²) in [5.74, 6) is 1.13. The number of benzene rings is 1. The normalized spacial score (nSPS) is 27.1. The zero-order chi connectivity index (χ0) is 16.6. The van der Waals surface area contributed by atoms with E-state index in [4.69, 9.17) is 0 Å². The summed E-state index contributed by atoms with van der Waals surface area (Å²) in [6.07, 6.45) is 4.57. The standard InChI is InChI=1S/C20H27NO2/c1-12(2)17-9-4-6-13(3)18(17)21-20(23)16-10-14-7-5-8-15(11-16)19(14)22/h4,6,9,12,14-16H,5,7-8,10-11H2,1-3H3,(H,21,23)/t14-,15+,16?. The number of para-hydroxylation sites is 1. The number of hydrogen-bond donors (Lipinski definition) is 1. The monoisotopic (exact) mass is 313 g/mol. The van der Waals surface area contributed by atoms with E-state index in [-0.39, 0.29) is 23.7 Å². The molecule has 3 heteroatoms. The van der Waals surface area contributed by atoms with Gasteiger partial charge in [0, 0.05) is 23.4 Å². The van der Waals surface area contributed by atoms with Gasteiger partial charge in [0.25, 0.3) is 0 Å². The van der Waals surface area contributed by atoms with Crippen molar-refractivity contribution in [3.63, 3.8) is 0 Å². The number of fused-ring (bicyclic) bond motifs is 2. The second-order valence-electron chi connectivity index (χ2n) is 7.58. The van der Waals surface area contributed by atoms with Crippen LogP contribution in [-0.4, -0.2) is 11.7 Å². The lowest BCUT2D eigenvalue weighted by atomic mass is 9.67. The van der Waals surface area contributed by atoms with Crippen molar-refractivity contribution in [2.24, 2.45) is 17.8 Å². The summed E-state index contributed by atoms with van der Waals surface area (Å²) in [7, 11) is 0. The van der Waals surface area contributed by atoms with E-state index in [2.05, 4.69) is 25.2 Å². The van der Waals surface area contributed by atoms with Crippen molar-refractivity contribution in [3.8, 4) is 0 Å². The molecule has 0 aliphatic heterocycles. The minimum Gasteiger partial charge on any atom is -0.325 e. The maximum absolute atomic E-state index is 12.8. The molecular formula is C20H27NO2. The largest absolute Gasteiger partial charge is 0.325 e. The van der Waals surface area contributed by atoms with Gasteiger partial charge in [0.2, 0.25) is 5.91 Å². The summed E-state index contributed by atoms with van der Waals surface area (Å²) in [5.41, 5.74) is 3.26. The van der Waals surface area contributed by atoms with Gasteiger partial charge >= 0.3 is 0 Å². The van der Waals surface area contributed by atoms with Crippen LogP contribution in [0.1, 0.15) is 63.0 Å². The Hall–Kier alpha value is -1.64. The number of aryl methyl sites for hydroxylation is 1. The third kappa shape index (κ3) is 3.19. The summed E-state index contributed by atoms with van der Waals surface area (Å²) in [6.45, 7) is 6.34. The van der Waals surface area contributed by atoms with Crippen molar-refractivity contribution in [3.05, 3.63) is 29.3 Å². The lowest BCUT2D eigenvalue weighted by molar-refractivity contribution is -0.136. The molecular weight excluding hydrogens is 286 g/mol. The zero-order valence-electron chi connectivity index (χ0n) is 14.4. The van der Waals surface area contributed by atoms with Crippen LogP contribution in [0.15, 0.2) is 18.2 Å². The first-order valence-corrected chi connectivity index (χ1v) is 8.91. The van der Waals surface area contributed by atoms with Crippen molar-refractivity contribution in [2.75, 3.05) is 5.32 Å². The van der Waals surface area contributed by atoms with Crippen LogP contribution >= 0.6 is 0 Å². The smallest absolute Gasteiger partial charge is 0.227 e. The van der Waals surface area contributed by atoms with Gasteiger partial charge in [-0.3, -0.25) is 9.59 Å². The van der Waals surface area contributed by atoms with Crippen LogP contribution in [0.25, 0.3) is 0 Å². The van der Waals surface area contributed by atoms with Crippen molar-refractivity contribution < 1.29 is 9.59 Å². The van der Waals surface area contributed by atoms with Gasteiger partial charge in [-0.15, -0.1) is 0 Å². The molecule has 0 radical (unpaired) electrons. The molecule has 1 aromatic carbocycles. The predicted molar refractivity (Wildman–Crippen MR) is 92.5 cm³/mol. The Morgan fingerprint density at radius 3 is 2.43 bits per heavy atom. The highest BCUT2D eigenvalue weighted by molar-refractivity contribution is 5.96. The quantitative estimate of drug-likeness (QED) is 0.896. The van der Waals surface area contributed by atoms with Gasteiger partial charge < -0.3 is 5.32 Å². The molecule has 3 rings (SSSR count). The van der Waals surface area contributed by atoms with Gasteiger partial charge in [-0.1, -0.05) is 38.5 Å². The SMILES string of the molecule is Cc1cccc(C(C)C)c1NC(=O)C1C[C@H]2CCC[C@@H](C1)C2=O. The van der Waals surface area contributed by atoms with Gasteiger partial charge in [0.05, 0.1) is 0 Å². The van der Waals surface area contributed by atoms with Crippen molar-refractivity contribution >= 4 is 17.4 Å². The lowest BCUT2D eigenvalue weighted by Gasteiger charge is -2.37. The maximum atomic E-state index is 12.8. The highest BCUT2D eigenvalue weighted by Crippen LogP contribution is 2.40. The molecule has 124 valence electrons. The number of carbonyl (C=O) groups is 2. The summed E-state index contributed by atoms with van der Waals surface area (Å²) in [6, 6.07) is 6.18. The summed E-state index contributed by atoms with van der Waals surface area (Å²) < 4.78 is 0. The number of hydrogen-bond acceptors (Lipinski definition) is 2. The van der Waals surface area contributed by atoms with Crippen molar-refractivity contribution in [1.29, 1.82) is 0 Å². The summed E-state index contributed by atoms with van der Waals surface area (Å²) in [4.78, 5) is 25.0. The first-order valence-electron chi connectivity index (χ1n) is 8.91. The van der Waals surface area contributed by atoms with Crippen LogP contribution in [0.5, 0.6) is 0 Å². The van der Waals surface area contributed by atoms with E-state index in [9.17, 15) is 9.59 Å². The predicted octanol–water partition coefficient (Wildman–Crippen LogP) is 4.45. The molecule has 1 unspecified atom stereocenters. The number of rotatable bonds is 3. The number of nitrogens with one attached hydrogen (secondary N) is 1. The Balaban J connectivity index is 1.77. The Morgan fingerprint density at radius 2 is 1.83 bits per heavy atom. The van der Waals surface area contributed by atoms with E-state index in [1.54, 1.807) is 0 Å². The van der Waals surface area contributed by atoms with Crippen LogP contribution in [-0.2, 0) is 9.59 Å². The number of anilines is 1. The highest BCUT2D eigenvalue weighted by atomic mass is 16.2. The number of amides is 1. The number of carbonyl (C=O) groups excluding carboxylic acids is 2. The Kier molecular flexibility index (Phi) is 4.56. The van der Waals surface area contributed by atoms with Gasteiger partial charge in [-0.25, -0.2) is 0 Å². The fourth-order valence-electron chi connectivity index (χ4n) is 4.26. The van der Waals surface area contributed by atoms with E-state index in [0.717, 1.165) is 43.4 Å². The van der Waals surface area contributed by atoms with Crippen LogP contribution in [0.4, 0.5) is 5.69 Å². The zero-order valence-corrected chi connectivity index (χ0v) is 14.4. The minimum absolute atomic E-state index is 0.0115. The summed E-state index contributed by atoms with van der Waals surface area (Å²) >= 11 is 0. The van der Waals surface area contributed by atoms with Crippen molar-refractivity contribution in [2.45, 2.75) is 58.8 Å². The molecule has 1 aromatic rings. The second kappa shape index (κ2) is 6.46. The van der Waals surface area contributed by atoms with E-state index in [0.29, 0.717) is 11.7 Å². The molecule has 0 saturated heterocycles. The average molecular weight is 313 g/mol. The number of ketones is 1. The van der Waals surface area contributed by atoms with E-state index in [1.165, 1.54) is 5.56 Å². The average Bonchev–Trinajstić information content (AvgIpc) is 2.48. The van der Waals surface area contributed by atoms with E-state index < -0.39 is 0 Å². The molecule has 0 aromatic heterocycles. The van der Waals surface area contributed by atoms with Gasteiger partial charge in [0.1, 0.15) is 5.78 Å². The molecule has 3 atom stereocenters. The van der Waals surface area contributed by atoms with E-state index >= 15 is 0 Å². The summed E-state index contributed by atoms with van der Waals surface area (Å²) in [5, 5.41) is 3.18.